The topological polar surface area (TPSA) is 165 Å². The Bertz CT molecular complexity index is 2660. The molecule has 0 bridgehead atoms. The maximum absolute atomic E-state index is 13.9. The second-order valence-electron chi connectivity index (χ2n) is 20.0. The number of aryl methyl sites for hydroxylation is 2. The number of nitrogens with zero attached hydrogens (tertiary/aromatic N) is 6. The molecule has 5 amide bonds. The van der Waals surface area contributed by atoms with Gasteiger partial charge >= 0.3 is 35.1 Å². The molecule has 1 atom stereocenters. The van der Waals surface area contributed by atoms with Gasteiger partial charge < -0.3 is 76.4 Å². The molecule has 18 nitrogen and oxygen atoms in total. The summed E-state index contributed by atoms with van der Waals surface area (Å²) in [4.78, 5) is 52.5. The summed E-state index contributed by atoms with van der Waals surface area (Å²) in [5, 5.41) is 12.3. The number of hydrogen-bond donors (Lipinski definition) is 1. The van der Waals surface area contributed by atoms with E-state index in [1.165, 1.54) is 11.0 Å². The van der Waals surface area contributed by atoms with Crippen molar-refractivity contribution in [2.24, 2.45) is 0 Å². The van der Waals surface area contributed by atoms with Crippen LogP contribution in [-0.2, 0) is 40.4 Å². The Morgan fingerprint density at radius 2 is 0.875 bits per heavy atom. The van der Waals surface area contributed by atoms with E-state index >= 15 is 0 Å². The number of methoxy groups -OCH3 is 8. The zero-order valence-corrected chi connectivity index (χ0v) is 51.5. The van der Waals surface area contributed by atoms with E-state index in [0.29, 0.717) is 103 Å². The number of aliphatic hydroxyl groups is 1. The van der Waals surface area contributed by atoms with Crippen LogP contribution in [0.5, 0.6) is 34.5 Å². The van der Waals surface area contributed by atoms with E-state index in [1.54, 1.807) is 71.6 Å². The summed E-state index contributed by atoms with van der Waals surface area (Å²) in [6.07, 6.45) is 3.83. The molecule has 0 aromatic heterocycles. The molecule has 1 N–H and O–H groups in total. The zero-order chi connectivity index (χ0) is 56.8. The number of ether oxygens (including phenoxy) is 8. The molecule has 0 radical (unpaired) electrons. The smallest absolute Gasteiger partial charge is 1.00 e. The third kappa shape index (κ3) is 14.7. The van der Waals surface area contributed by atoms with Crippen LogP contribution >= 0.6 is 0 Å². The SMILES string of the molecule is C=CC1(O)N(Cc2cc(C)cc(OC)c2)C(=O)N(CCOC)C12CCN(Cc1cc(OC)cc(OC)c1)CC2.COCCN1C(=O)N(Cc2cc(C)cc(OC)c2)C(=O)C12CCN(Cc1cc(OC)cc(OC)c1)CC2.[Br-].[CH-]=C.[Mg+2]. The molecular weight excluding hydrogens is 1100 g/mol. The number of urea groups is 2. The van der Waals surface area contributed by atoms with E-state index in [-0.39, 0.29) is 71.1 Å². The van der Waals surface area contributed by atoms with E-state index in [2.05, 4.69) is 29.5 Å². The van der Waals surface area contributed by atoms with Gasteiger partial charge in [-0.1, -0.05) is 18.7 Å². The molecule has 4 fully saturated rings. The van der Waals surface area contributed by atoms with Crippen LogP contribution in [0.2, 0.25) is 0 Å². The molecule has 4 aromatic carbocycles. The Balaban J connectivity index is 0.000000327. The van der Waals surface area contributed by atoms with Crippen LogP contribution in [0.15, 0.2) is 92.0 Å². The van der Waals surface area contributed by atoms with E-state index in [1.807, 2.05) is 86.6 Å². The van der Waals surface area contributed by atoms with Gasteiger partial charge in [0.2, 0.25) is 0 Å². The van der Waals surface area contributed by atoms with Crippen molar-refractivity contribution in [2.75, 3.05) is 109 Å². The monoisotopic (exact) mass is 1180 g/mol. The zero-order valence-electron chi connectivity index (χ0n) is 48.5. The van der Waals surface area contributed by atoms with Crippen LogP contribution in [0, 0.1) is 20.4 Å². The number of carbonyl (C=O) groups is 3. The van der Waals surface area contributed by atoms with Crippen LogP contribution in [0.25, 0.3) is 0 Å². The Kier molecular flexibility index (Phi) is 25.5. The van der Waals surface area contributed by atoms with Gasteiger partial charge in [0.05, 0.1) is 74.5 Å². The predicted octanol–water partition coefficient (Wildman–Crippen LogP) is 4.51. The average molecular weight is 1180 g/mol. The minimum atomic E-state index is -1.56. The van der Waals surface area contributed by atoms with Crippen LogP contribution in [0.3, 0.4) is 0 Å². The molecule has 4 saturated heterocycles. The van der Waals surface area contributed by atoms with Gasteiger partial charge in [-0.15, -0.1) is 0 Å². The molecule has 4 aliphatic rings. The van der Waals surface area contributed by atoms with Crippen molar-refractivity contribution in [3.63, 3.8) is 0 Å². The van der Waals surface area contributed by atoms with Crippen molar-refractivity contribution in [2.45, 2.75) is 82.5 Å². The number of halogens is 1. The molecule has 0 saturated carbocycles. The molecule has 4 aromatic rings. The first-order chi connectivity index (χ1) is 37.6. The Labute approximate surface area is 500 Å². The Morgan fingerprint density at radius 1 is 0.512 bits per heavy atom. The fourth-order valence-corrected chi connectivity index (χ4v) is 11.5. The minimum absolute atomic E-state index is 0. The van der Waals surface area contributed by atoms with E-state index < -0.39 is 16.8 Å². The summed E-state index contributed by atoms with van der Waals surface area (Å²) in [5.74, 6) is 4.28. The number of piperidine rings is 2. The summed E-state index contributed by atoms with van der Waals surface area (Å²) >= 11 is 0. The molecule has 432 valence electrons. The van der Waals surface area contributed by atoms with Crippen molar-refractivity contribution in [3.8, 4) is 34.5 Å². The molecule has 1 unspecified atom stereocenters. The van der Waals surface area contributed by atoms with Crippen LogP contribution in [0.1, 0.15) is 59.1 Å². The normalized spacial score (nSPS) is 18.4. The number of imide groups is 1. The van der Waals surface area contributed by atoms with Crippen molar-refractivity contribution >= 4 is 41.0 Å². The summed E-state index contributed by atoms with van der Waals surface area (Å²) < 4.78 is 43.2. The standard InChI is InChI=1S/C30H41N3O6.C28H37N3O6.C2H3.BrH.Mg/c1-7-30(35)29(8-10-31(11-9-29)20-24-17-26(38-5)19-27(18-24)39-6)32(12-13-36-3)28(34)33(30)21-23-14-22(2)15-25(16-23)37-4;1-20-12-21(14-23(13-20)35-3)19-30-26(32)28(31(27(30)33)10-11-34-2)6-8-29(9-7-28)18-22-15-24(36-4)17-25(16-22)37-5;1-2;;/h7,14-19,35H,1,8-13,20-21H2,2-6H3;12-17H,6-11,18-19H2,1-5H3;1H,2H2;1H;/q;;-1;;+2/p-1. The number of hydrogen-bond acceptors (Lipinski definition) is 14. The fraction of sp³-hybridized carbons (Fsp3) is 0.483. The number of likely N-dealkylation sites (tertiary alicyclic amines) is 2. The molecule has 20 heteroatoms. The van der Waals surface area contributed by atoms with E-state index in [0.717, 1.165) is 56.4 Å². The second-order valence-corrected chi connectivity index (χ2v) is 20.0. The number of amides is 5. The number of benzene rings is 4. The van der Waals surface area contributed by atoms with Crippen molar-refractivity contribution in [3.05, 3.63) is 132 Å². The Morgan fingerprint density at radius 3 is 1.26 bits per heavy atom. The maximum atomic E-state index is 13.9. The molecular formula is C60H81BrMgN6O12. The first kappa shape index (κ1) is 66.9. The van der Waals surface area contributed by atoms with Crippen LogP contribution in [0.4, 0.5) is 9.59 Å². The summed E-state index contributed by atoms with van der Waals surface area (Å²) in [5.41, 5.74) is 2.70. The van der Waals surface area contributed by atoms with Gasteiger partial charge in [-0.05, 0) is 128 Å². The van der Waals surface area contributed by atoms with Gasteiger partial charge in [-0.2, -0.15) is 0 Å². The summed E-state index contributed by atoms with van der Waals surface area (Å²) in [6, 6.07) is 22.9. The molecule has 80 heavy (non-hydrogen) atoms. The van der Waals surface area contributed by atoms with Gasteiger partial charge in [-0.3, -0.25) is 31.0 Å². The third-order valence-electron chi connectivity index (χ3n) is 15.4. The second kappa shape index (κ2) is 30.5. The van der Waals surface area contributed by atoms with Crippen molar-refractivity contribution in [1.82, 2.24) is 29.4 Å². The molecule has 0 aliphatic carbocycles. The van der Waals surface area contributed by atoms with Gasteiger partial charge in [0, 0.05) is 78.7 Å². The average Bonchev–Trinajstić information content (AvgIpc) is 3.75. The fourth-order valence-electron chi connectivity index (χ4n) is 11.5. The van der Waals surface area contributed by atoms with Crippen molar-refractivity contribution < 1.29 is 74.4 Å². The number of carbonyl (C=O) groups excluding carboxylic acids is 3. The van der Waals surface area contributed by atoms with Crippen LogP contribution < -0.4 is 45.4 Å². The molecule has 4 heterocycles. The van der Waals surface area contributed by atoms with Crippen molar-refractivity contribution in [1.29, 1.82) is 0 Å². The van der Waals surface area contributed by atoms with Crippen LogP contribution in [-0.4, -0.2) is 202 Å². The molecule has 4 aliphatic heterocycles. The van der Waals surface area contributed by atoms with Gasteiger partial charge in [0.15, 0.2) is 5.72 Å². The first-order valence-corrected chi connectivity index (χ1v) is 26.2. The maximum Gasteiger partial charge on any atom is 2.00 e. The van der Waals surface area contributed by atoms with E-state index in [4.69, 9.17) is 37.9 Å². The molecule has 2 spiro atoms. The third-order valence-corrected chi connectivity index (χ3v) is 15.4. The van der Waals surface area contributed by atoms with E-state index in [9.17, 15) is 19.5 Å². The quantitative estimate of drug-likeness (QED) is 0.0537. The first-order valence-electron chi connectivity index (χ1n) is 26.2. The summed E-state index contributed by atoms with van der Waals surface area (Å²) in [7, 11) is 13.0. The number of rotatable bonds is 21. The Hall–Kier alpha value is -5.58. The van der Waals surface area contributed by atoms with Gasteiger partial charge in [0.1, 0.15) is 40.0 Å². The van der Waals surface area contributed by atoms with Gasteiger partial charge in [0.25, 0.3) is 5.91 Å². The summed E-state index contributed by atoms with van der Waals surface area (Å²) in [6.45, 7) is 21.1. The largest absolute Gasteiger partial charge is 2.00 e. The minimum Gasteiger partial charge on any atom is -1.00 e. The molecule has 8 rings (SSSR count). The predicted molar refractivity (Wildman–Crippen MR) is 304 cm³/mol. The van der Waals surface area contributed by atoms with Gasteiger partial charge in [-0.25, -0.2) is 9.59 Å².